The number of ether oxygens (including phenoxy) is 1. The molecule has 0 saturated heterocycles. The maximum absolute atomic E-state index is 11.4. The van der Waals surface area contributed by atoms with E-state index in [0.717, 1.165) is 0 Å². The minimum Gasteiger partial charge on any atom is -0.496 e. The number of hydrogen-bond donors (Lipinski definition) is 1. The molecule has 0 radical (unpaired) electrons. The van der Waals surface area contributed by atoms with E-state index in [-0.39, 0.29) is 17.3 Å². The van der Waals surface area contributed by atoms with E-state index in [2.05, 4.69) is 5.32 Å². The van der Waals surface area contributed by atoms with Gasteiger partial charge in [-0.05, 0) is 18.9 Å². The first-order valence-electron chi connectivity index (χ1n) is 5.27. The Bertz CT molecular complexity index is 485. The average molecular weight is 236 g/mol. The van der Waals surface area contributed by atoms with Gasteiger partial charge < -0.3 is 10.1 Å². The van der Waals surface area contributed by atoms with Crippen LogP contribution in [0.15, 0.2) is 12.1 Å². The van der Waals surface area contributed by atoms with Crippen LogP contribution in [0.1, 0.15) is 18.4 Å². The van der Waals surface area contributed by atoms with Crippen LogP contribution < -0.4 is 10.1 Å². The van der Waals surface area contributed by atoms with Crippen LogP contribution in [0.4, 0.5) is 11.4 Å². The zero-order valence-electron chi connectivity index (χ0n) is 9.36. The summed E-state index contributed by atoms with van der Waals surface area (Å²) < 4.78 is 5.16. The predicted octanol–water partition coefficient (Wildman–Crippen LogP) is 1.88. The molecule has 90 valence electrons. The summed E-state index contributed by atoms with van der Waals surface area (Å²) in [6.45, 7) is 0. The van der Waals surface area contributed by atoms with Gasteiger partial charge in [0.2, 0.25) is 5.91 Å². The van der Waals surface area contributed by atoms with E-state index in [4.69, 9.17) is 4.74 Å². The first kappa shape index (κ1) is 11.4. The average Bonchev–Trinajstić information content (AvgIpc) is 2.48. The second-order valence-corrected chi connectivity index (χ2v) is 3.80. The molecule has 1 aliphatic heterocycles. The Kier molecular flexibility index (Phi) is 2.95. The number of hydrogen-bond acceptors (Lipinski definition) is 4. The number of amides is 1. The molecule has 0 aromatic heterocycles. The van der Waals surface area contributed by atoms with Crippen LogP contribution in [0, 0.1) is 10.1 Å². The molecule has 1 heterocycles. The maximum atomic E-state index is 11.4. The molecule has 1 aliphatic rings. The molecule has 6 heteroatoms. The zero-order chi connectivity index (χ0) is 12.4. The zero-order valence-corrected chi connectivity index (χ0v) is 9.36. The van der Waals surface area contributed by atoms with Crippen LogP contribution in [0.25, 0.3) is 0 Å². The fraction of sp³-hybridized carbons (Fsp3) is 0.364. The lowest BCUT2D eigenvalue weighted by molar-refractivity contribution is -0.384. The van der Waals surface area contributed by atoms with Gasteiger partial charge in [0.25, 0.3) is 5.69 Å². The lowest BCUT2D eigenvalue weighted by Gasteiger charge is -2.11. The molecule has 2 rings (SSSR count). The summed E-state index contributed by atoms with van der Waals surface area (Å²) in [6.07, 6.45) is 1.63. The molecule has 1 amide bonds. The van der Waals surface area contributed by atoms with Crippen LogP contribution in [0.3, 0.4) is 0 Å². The Morgan fingerprint density at radius 3 is 2.82 bits per heavy atom. The van der Waals surface area contributed by atoms with Crippen molar-refractivity contribution in [1.82, 2.24) is 0 Å². The van der Waals surface area contributed by atoms with Crippen LogP contribution in [-0.2, 0) is 11.2 Å². The largest absolute Gasteiger partial charge is 0.496 e. The van der Waals surface area contributed by atoms with Crippen LogP contribution in [-0.4, -0.2) is 17.9 Å². The minimum atomic E-state index is -0.496. The second-order valence-electron chi connectivity index (χ2n) is 3.80. The van der Waals surface area contributed by atoms with Crippen molar-refractivity contribution in [3.05, 3.63) is 27.8 Å². The molecular formula is C11H12N2O4. The smallest absolute Gasteiger partial charge is 0.293 e. The third-order valence-electron chi connectivity index (χ3n) is 2.76. The SMILES string of the molecule is COc1ccc([N+](=O)[O-])c2c1CCCC(=O)N2. The molecule has 1 aromatic rings. The van der Waals surface area contributed by atoms with E-state index in [1.807, 2.05) is 0 Å². The van der Waals surface area contributed by atoms with E-state index < -0.39 is 4.92 Å². The van der Waals surface area contributed by atoms with Crippen molar-refractivity contribution in [3.8, 4) is 5.75 Å². The Morgan fingerprint density at radius 1 is 1.41 bits per heavy atom. The molecule has 0 bridgehead atoms. The molecule has 1 N–H and O–H groups in total. The van der Waals surface area contributed by atoms with Gasteiger partial charge in [0, 0.05) is 18.1 Å². The molecule has 0 aliphatic carbocycles. The van der Waals surface area contributed by atoms with Crippen LogP contribution in [0.2, 0.25) is 0 Å². The molecule has 6 nitrogen and oxygen atoms in total. The monoisotopic (exact) mass is 236 g/mol. The molecule has 0 unspecified atom stereocenters. The Hall–Kier alpha value is -2.11. The number of carbonyl (C=O) groups excluding carboxylic acids is 1. The number of benzene rings is 1. The van der Waals surface area contributed by atoms with E-state index in [9.17, 15) is 14.9 Å². The van der Waals surface area contributed by atoms with Gasteiger partial charge in [0.1, 0.15) is 11.4 Å². The highest BCUT2D eigenvalue weighted by Crippen LogP contribution is 2.37. The topological polar surface area (TPSA) is 81.5 Å². The fourth-order valence-electron chi connectivity index (χ4n) is 1.98. The van der Waals surface area contributed by atoms with Crippen molar-refractivity contribution < 1.29 is 14.5 Å². The van der Waals surface area contributed by atoms with Crippen molar-refractivity contribution in [1.29, 1.82) is 0 Å². The summed E-state index contributed by atoms with van der Waals surface area (Å²) >= 11 is 0. The number of nitrogens with one attached hydrogen (secondary N) is 1. The third kappa shape index (κ3) is 2.06. The molecule has 0 saturated carbocycles. The highest BCUT2D eigenvalue weighted by atomic mass is 16.6. The molecule has 0 spiro atoms. The minimum absolute atomic E-state index is 0.0870. The number of anilines is 1. The summed E-state index contributed by atoms with van der Waals surface area (Å²) in [6, 6.07) is 2.91. The number of nitro groups is 1. The van der Waals surface area contributed by atoms with E-state index in [1.54, 1.807) is 6.07 Å². The van der Waals surface area contributed by atoms with Crippen LogP contribution in [0.5, 0.6) is 5.75 Å². The van der Waals surface area contributed by atoms with E-state index in [0.29, 0.717) is 30.6 Å². The lowest BCUT2D eigenvalue weighted by atomic mass is 10.1. The highest BCUT2D eigenvalue weighted by Gasteiger charge is 2.25. The van der Waals surface area contributed by atoms with Gasteiger partial charge in [0.15, 0.2) is 0 Å². The summed E-state index contributed by atoms with van der Waals surface area (Å²) in [4.78, 5) is 21.9. The number of carbonyl (C=O) groups is 1. The first-order chi connectivity index (χ1) is 8.13. The summed E-state index contributed by atoms with van der Waals surface area (Å²) in [5.41, 5.74) is 0.889. The van der Waals surface area contributed by atoms with Crippen molar-refractivity contribution >= 4 is 17.3 Å². The number of fused-ring (bicyclic) bond motifs is 1. The van der Waals surface area contributed by atoms with Gasteiger partial charge in [0.05, 0.1) is 12.0 Å². The number of nitro benzene ring substituents is 1. The van der Waals surface area contributed by atoms with Crippen LogP contribution >= 0.6 is 0 Å². The normalized spacial score (nSPS) is 14.5. The number of rotatable bonds is 2. The second kappa shape index (κ2) is 4.40. The molecular weight excluding hydrogens is 224 g/mol. The first-order valence-corrected chi connectivity index (χ1v) is 5.27. The Balaban J connectivity index is 2.60. The molecule has 0 fully saturated rings. The van der Waals surface area contributed by atoms with Crippen molar-refractivity contribution in [3.63, 3.8) is 0 Å². The summed E-state index contributed by atoms with van der Waals surface area (Å²) in [5.74, 6) is 0.382. The van der Waals surface area contributed by atoms with Gasteiger partial charge in [-0.2, -0.15) is 0 Å². The Labute approximate surface area is 97.7 Å². The van der Waals surface area contributed by atoms with E-state index >= 15 is 0 Å². The predicted molar refractivity (Wildman–Crippen MR) is 61.2 cm³/mol. The van der Waals surface area contributed by atoms with Gasteiger partial charge in [-0.3, -0.25) is 14.9 Å². The number of methoxy groups -OCH3 is 1. The summed E-state index contributed by atoms with van der Waals surface area (Å²) in [7, 11) is 1.51. The van der Waals surface area contributed by atoms with Gasteiger partial charge in [-0.1, -0.05) is 0 Å². The highest BCUT2D eigenvalue weighted by molar-refractivity contribution is 5.95. The van der Waals surface area contributed by atoms with Crippen molar-refractivity contribution in [2.45, 2.75) is 19.3 Å². The molecule has 1 aromatic carbocycles. The van der Waals surface area contributed by atoms with Gasteiger partial charge in [-0.15, -0.1) is 0 Å². The van der Waals surface area contributed by atoms with E-state index in [1.165, 1.54) is 13.2 Å². The quantitative estimate of drug-likeness (QED) is 0.627. The maximum Gasteiger partial charge on any atom is 0.293 e. The van der Waals surface area contributed by atoms with Gasteiger partial charge >= 0.3 is 0 Å². The Morgan fingerprint density at radius 2 is 2.18 bits per heavy atom. The molecule has 0 atom stereocenters. The third-order valence-corrected chi connectivity index (χ3v) is 2.76. The van der Waals surface area contributed by atoms with Gasteiger partial charge in [-0.25, -0.2) is 0 Å². The fourth-order valence-corrected chi connectivity index (χ4v) is 1.98. The molecule has 17 heavy (non-hydrogen) atoms. The van der Waals surface area contributed by atoms with Crippen molar-refractivity contribution in [2.24, 2.45) is 0 Å². The standard InChI is InChI=1S/C11H12N2O4/c1-17-9-6-5-8(13(15)16)11-7(9)3-2-4-10(14)12-11/h5-6H,2-4H2,1H3,(H,12,14). The number of nitrogens with zero attached hydrogens (tertiary/aromatic N) is 1. The van der Waals surface area contributed by atoms with Crippen molar-refractivity contribution in [2.75, 3.05) is 12.4 Å². The lowest BCUT2D eigenvalue weighted by Crippen LogP contribution is -2.11. The summed E-state index contributed by atoms with van der Waals surface area (Å²) in [5, 5.41) is 13.5.